The van der Waals surface area contributed by atoms with Crippen LogP contribution in [0, 0.1) is 0 Å². The van der Waals surface area contributed by atoms with E-state index in [4.69, 9.17) is 0 Å². The monoisotopic (exact) mass is 322 g/mol. The van der Waals surface area contributed by atoms with Crippen molar-refractivity contribution in [3.05, 3.63) is 77.7 Å². The summed E-state index contributed by atoms with van der Waals surface area (Å²) in [5.74, 6) is -0.0589. The number of para-hydroxylation sites is 1. The predicted molar refractivity (Wildman–Crippen MR) is 97.0 cm³/mol. The van der Waals surface area contributed by atoms with Crippen LogP contribution >= 0.6 is 11.8 Å². The molecule has 0 N–H and O–H groups in total. The molecule has 1 amide bonds. The van der Waals surface area contributed by atoms with Crippen molar-refractivity contribution in [3.63, 3.8) is 0 Å². The van der Waals surface area contributed by atoms with Gasteiger partial charge in [-0.2, -0.15) is 0 Å². The number of thioether (sulfide) groups is 1. The Hall–Kier alpha value is -2.33. The summed E-state index contributed by atoms with van der Waals surface area (Å²) >= 11 is 1.46. The Morgan fingerprint density at radius 1 is 1.04 bits per heavy atom. The van der Waals surface area contributed by atoms with Gasteiger partial charge in [0.1, 0.15) is 0 Å². The summed E-state index contributed by atoms with van der Waals surface area (Å²) in [6, 6.07) is 18.9. The van der Waals surface area contributed by atoms with Crippen molar-refractivity contribution in [1.82, 2.24) is 4.90 Å². The van der Waals surface area contributed by atoms with Gasteiger partial charge < -0.3 is 0 Å². The molecule has 2 aromatic rings. The molecule has 1 saturated heterocycles. The van der Waals surface area contributed by atoms with Gasteiger partial charge in [-0.1, -0.05) is 54.7 Å². The van der Waals surface area contributed by atoms with E-state index < -0.39 is 5.54 Å². The molecule has 1 aliphatic heterocycles. The summed E-state index contributed by atoms with van der Waals surface area (Å²) in [5.41, 5.74) is 0.994. The molecule has 0 unspecified atom stereocenters. The molecule has 1 heterocycles. The minimum atomic E-state index is -0.481. The lowest BCUT2D eigenvalue weighted by Gasteiger charge is -2.30. The van der Waals surface area contributed by atoms with Crippen LogP contribution < -0.4 is 0 Å². The smallest absolute Gasteiger partial charge is 0.260 e. The number of carbonyl (C=O) groups excluding carboxylic acids is 1. The van der Waals surface area contributed by atoms with Crippen LogP contribution in [-0.2, 0) is 0 Å². The van der Waals surface area contributed by atoms with Crippen LogP contribution in [0.5, 0.6) is 0 Å². The number of hydrogen-bond acceptors (Lipinski definition) is 3. The lowest BCUT2D eigenvalue weighted by Crippen LogP contribution is -2.45. The minimum absolute atomic E-state index is 0.0589. The molecule has 0 bridgehead atoms. The average molecular weight is 322 g/mol. The number of nitrogens with zero attached hydrogens (tertiary/aromatic N) is 2. The van der Waals surface area contributed by atoms with Crippen molar-refractivity contribution in [2.24, 2.45) is 4.99 Å². The molecule has 0 spiro atoms. The van der Waals surface area contributed by atoms with Gasteiger partial charge in [-0.3, -0.25) is 9.69 Å². The molecule has 116 valence electrons. The molecule has 23 heavy (non-hydrogen) atoms. The first-order valence-electron chi connectivity index (χ1n) is 7.41. The van der Waals surface area contributed by atoms with Gasteiger partial charge in [0.15, 0.2) is 5.17 Å². The van der Waals surface area contributed by atoms with Crippen molar-refractivity contribution in [2.45, 2.75) is 19.4 Å². The summed E-state index contributed by atoms with van der Waals surface area (Å²) in [6.07, 6.45) is 0. The Morgan fingerprint density at radius 3 is 2.22 bits per heavy atom. The van der Waals surface area contributed by atoms with Crippen molar-refractivity contribution in [1.29, 1.82) is 0 Å². The Balaban J connectivity index is 2.04. The van der Waals surface area contributed by atoms with Gasteiger partial charge in [0.25, 0.3) is 5.91 Å². The average Bonchev–Trinajstić information content (AvgIpc) is 2.77. The highest BCUT2D eigenvalue weighted by Gasteiger charge is 2.44. The van der Waals surface area contributed by atoms with E-state index in [0.717, 1.165) is 10.6 Å². The maximum absolute atomic E-state index is 13.0. The molecular weight excluding hydrogens is 304 g/mol. The van der Waals surface area contributed by atoms with Gasteiger partial charge in [0, 0.05) is 10.5 Å². The SMILES string of the molecule is C=C1SC(=Nc2ccccc2)N(C(=O)c2ccccc2)C1(C)C. The number of amides is 1. The lowest BCUT2D eigenvalue weighted by molar-refractivity contribution is 0.0781. The first-order valence-corrected chi connectivity index (χ1v) is 8.22. The summed E-state index contributed by atoms with van der Waals surface area (Å²) in [7, 11) is 0. The second-order valence-corrected chi connectivity index (χ2v) is 6.88. The van der Waals surface area contributed by atoms with E-state index in [0.29, 0.717) is 10.7 Å². The molecule has 4 heteroatoms. The summed E-state index contributed by atoms with van der Waals surface area (Å²) < 4.78 is 0. The topological polar surface area (TPSA) is 32.7 Å². The Morgan fingerprint density at radius 2 is 1.61 bits per heavy atom. The van der Waals surface area contributed by atoms with Gasteiger partial charge in [-0.05, 0) is 38.1 Å². The third-order valence-corrected chi connectivity index (χ3v) is 5.05. The fourth-order valence-corrected chi connectivity index (χ4v) is 3.50. The van der Waals surface area contributed by atoms with E-state index in [1.54, 1.807) is 4.90 Å². The zero-order valence-electron chi connectivity index (χ0n) is 13.2. The number of hydrogen-bond donors (Lipinski definition) is 0. The zero-order valence-corrected chi connectivity index (χ0v) is 14.0. The normalized spacial score (nSPS) is 18.4. The molecule has 1 aliphatic rings. The van der Waals surface area contributed by atoms with Gasteiger partial charge in [0.2, 0.25) is 0 Å². The van der Waals surface area contributed by atoms with Gasteiger partial charge in [0.05, 0.1) is 11.2 Å². The number of rotatable bonds is 2. The molecule has 0 aromatic heterocycles. The highest BCUT2D eigenvalue weighted by atomic mass is 32.2. The predicted octanol–water partition coefficient (Wildman–Crippen LogP) is 4.86. The third kappa shape index (κ3) is 2.94. The van der Waals surface area contributed by atoms with E-state index in [1.807, 2.05) is 74.5 Å². The third-order valence-electron chi connectivity index (χ3n) is 3.85. The molecule has 3 nitrogen and oxygen atoms in total. The van der Waals surface area contributed by atoms with Crippen molar-refractivity contribution >= 4 is 28.5 Å². The van der Waals surface area contributed by atoms with E-state index in [-0.39, 0.29) is 5.91 Å². The Labute approximate surface area is 140 Å². The van der Waals surface area contributed by atoms with Crippen molar-refractivity contribution in [2.75, 3.05) is 0 Å². The zero-order chi connectivity index (χ0) is 16.4. The highest BCUT2D eigenvalue weighted by Crippen LogP contribution is 2.43. The van der Waals surface area contributed by atoms with Crippen LogP contribution in [0.25, 0.3) is 0 Å². The summed E-state index contributed by atoms with van der Waals surface area (Å²) in [6.45, 7) is 8.11. The number of carbonyl (C=O) groups is 1. The van der Waals surface area contributed by atoms with Gasteiger partial charge in [-0.25, -0.2) is 4.99 Å². The van der Waals surface area contributed by atoms with Crippen LogP contribution in [0.3, 0.4) is 0 Å². The number of aliphatic imine (C=N–C) groups is 1. The first kappa shape index (κ1) is 15.6. The molecule has 1 fully saturated rings. The first-order chi connectivity index (χ1) is 11.0. The van der Waals surface area contributed by atoms with E-state index in [9.17, 15) is 4.79 Å². The molecule has 0 atom stereocenters. The fourth-order valence-electron chi connectivity index (χ4n) is 2.38. The second-order valence-electron chi connectivity index (χ2n) is 5.82. The Bertz CT molecular complexity index is 766. The van der Waals surface area contributed by atoms with E-state index in [1.165, 1.54) is 11.8 Å². The van der Waals surface area contributed by atoms with Gasteiger partial charge >= 0.3 is 0 Å². The van der Waals surface area contributed by atoms with Crippen LogP contribution in [-0.4, -0.2) is 21.5 Å². The lowest BCUT2D eigenvalue weighted by atomic mass is 10.0. The molecule has 0 radical (unpaired) electrons. The maximum Gasteiger partial charge on any atom is 0.260 e. The van der Waals surface area contributed by atoms with E-state index in [2.05, 4.69) is 11.6 Å². The molecule has 3 rings (SSSR count). The minimum Gasteiger partial charge on any atom is -0.277 e. The quantitative estimate of drug-likeness (QED) is 0.791. The number of amidine groups is 1. The molecule has 0 aliphatic carbocycles. The Kier molecular flexibility index (Phi) is 4.09. The maximum atomic E-state index is 13.0. The fraction of sp³-hybridized carbons (Fsp3) is 0.158. The van der Waals surface area contributed by atoms with Crippen molar-refractivity contribution in [3.8, 4) is 0 Å². The van der Waals surface area contributed by atoms with Gasteiger partial charge in [-0.15, -0.1) is 0 Å². The van der Waals surface area contributed by atoms with Crippen LogP contribution in [0.2, 0.25) is 0 Å². The van der Waals surface area contributed by atoms with Crippen LogP contribution in [0.4, 0.5) is 5.69 Å². The van der Waals surface area contributed by atoms with E-state index >= 15 is 0 Å². The van der Waals surface area contributed by atoms with Crippen LogP contribution in [0.1, 0.15) is 24.2 Å². The summed E-state index contributed by atoms with van der Waals surface area (Å²) in [4.78, 5) is 20.3. The largest absolute Gasteiger partial charge is 0.277 e. The molecular formula is C19H18N2OS. The van der Waals surface area contributed by atoms with Crippen molar-refractivity contribution < 1.29 is 4.79 Å². The number of benzene rings is 2. The summed E-state index contributed by atoms with van der Waals surface area (Å²) in [5, 5.41) is 0.667. The standard InChI is InChI=1S/C19H18N2OS/c1-14-19(2,3)21(17(22)15-10-6-4-7-11-15)18(23-14)20-16-12-8-5-9-13-16/h4-13H,1H2,2-3H3. The second kappa shape index (κ2) is 6.05. The van der Waals surface area contributed by atoms with Crippen LogP contribution in [0.15, 0.2) is 77.1 Å². The molecule has 2 aromatic carbocycles. The molecule has 0 saturated carbocycles. The highest BCUT2D eigenvalue weighted by molar-refractivity contribution is 8.17.